The van der Waals surface area contributed by atoms with E-state index < -0.39 is 0 Å². The SMILES string of the molecule is OC1CCCC1c1nc(Cc2ccccn2)no1. The minimum atomic E-state index is -0.340. The number of aromatic nitrogens is 3. The zero-order chi connectivity index (χ0) is 12.4. The van der Waals surface area contributed by atoms with E-state index in [0.717, 1.165) is 25.0 Å². The van der Waals surface area contributed by atoms with Gasteiger partial charge in [0.25, 0.3) is 0 Å². The fraction of sp³-hybridized carbons (Fsp3) is 0.462. The predicted molar refractivity (Wildman–Crippen MR) is 63.9 cm³/mol. The van der Waals surface area contributed by atoms with Gasteiger partial charge in [0.05, 0.1) is 18.4 Å². The van der Waals surface area contributed by atoms with Gasteiger partial charge in [-0.2, -0.15) is 4.98 Å². The molecule has 5 heteroatoms. The lowest BCUT2D eigenvalue weighted by molar-refractivity contribution is 0.148. The lowest BCUT2D eigenvalue weighted by Gasteiger charge is -2.07. The van der Waals surface area contributed by atoms with E-state index in [9.17, 15) is 5.11 Å². The third kappa shape index (κ3) is 2.26. The third-order valence-electron chi connectivity index (χ3n) is 3.35. The van der Waals surface area contributed by atoms with Gasteiger partial charge in [-0.05, 0) is 31.4 Å². The van der Waals surface area contributed by atoms with Crippen LogP contribution in [0.5, 0.6) is 0 Å². The van der Waals surface area contributed by atoms with Crippen molar-refractivity contribution in [1.82, 2.24) is 15.1 Å². The quantitative estimate of drug-likeness (QED) is 0.890. The van der Waals surface area contributed by atoms with Crippen LogP contribution in [0.25, 0.3) is 0 Å². The van der Waals surface area contributed by atoms with E-state index >= 15 is 0 Å². The van der Waals surface area contributed by atoms with Gasteiger partial charge in [-0.1, -0.05) is 11.2 Å². The second-order valence-corrected chi connectivity index (χ2v) is 4.65. The zero-order valence-electron chi connectivity index (χ0n) is 9.99. The molecule has 2 atom stereocenters. The first-order valence-electron chi connectivity index (χ1n) is 6.23. The summed E-state index contributed by atoms with van der Waals surface area (Å²) in [5.41, 5.74) is 0.914. The van der Waals surface area contributed by atoms with E-state index in [-0.39, 0.29) is 12.0 Å². The molecule has 0 amide bonds. The largest absolute Gasteiger partial charge is 0.392 e. The van der Waals surface area contributed by atoms with Crippen LogP contribution in [0, 0.1) is 0 Å². The van der Waals surface area contributed by atoms with Crippen LogP contribution in [0.4, 0.5) is 0 Å². The molecular formula is C13H15N3O2. The smallest absolute Gasteiger partial charge is 0.232 e. The second-order valence-electron chi connectivity index (χ2n) is 4.65. The molecule has 1 fully saturated rings. The molecule has 94 valence electrons. The molecule has 18 heavy (non-hydrogen) atoms. The number of pyridine rings is 1. The molecule has 1 aliphatic rings. The predicted octanol–water partition coefficient (Wildman–Crippen LogP) is 1.68. The fourth-order valence-corrected chi connectivity index (χ4v) is 2.38. The number of hydrogen-bond acceptors (Lipinski definition) is 5. The molecule has 0 aromatic carbocycles. The van der Waals surface area contributed by atoms with Crippen molar-refractivity contribution in [2.45, 2.75) is 37.7 Å². The lowest BCUT2D eigenvalue weighted by Crippen LogP contribution is -2.11. The maximum absolute atomic E-state index is 9.80. The molecule has 0 spiro atoms. The van der Waals surface area contributed by atoms with Crippen molar-refractivity contribution >= 4 is 0 Å². The summed E-state index contributed by atoms with van der Waals surface area (Å²) in [4.78, 5) is 8.58. The molecule has 0 saturated heterocycles. The summed E-state index contributed by atoms with van der Waals surface area (Å²) in [7, 11) is 0. The number of aliphatic hydroxyl groups is 1. The maximum atomic E-state index is 9.80. The van der Waals surface area contributed by atoms with Gasteiger partial charge in [0, 0.05) is 11.9 Å². The highest BCUT2D eigenvalue weighted by Crippen LogP contribution is 2.33. The van der Waals surface area contributed by atoms with Crippen molar-refractivity contribution in [3.8, 4) is 0 Å². The summed E-state index contributed by atoms with van der Waals surface area (Å²) < 4.78 is 5.24. The highest BCUT2D eigenvalue weighted by Gasteiger charge is 2.31. The average molecular weight is 245 g/mol. The molecule has 0 aliphatic heterocycles. The van der Waals surface area contributed by atoms with Gasteiger partial charge in [0.1, 0.15) is 0 Å². The van der Waals surface area contributed by atoms with Gasteiger partial charge in [0.15, 0.2) is 5.82 Å². The Balaban J connectivity index is 1.74. The molecule has 0 radical (unpaired) electrons. The molecule has 2 aromatic rings. The molecule has 3 rings (SSSR count). The first kappa shape index (κ1) is 11.3. The average Bonchev–Trinajstić information content (AvgIpc) is 2.99. The Morgan fingerprint density at radius 3 is 3.00 bits per heavy atom. The second kappa shape index (κ2) is 4.86. The van der Waals surface area contributed by atoms with E-state index in [1.165, 1.54) is 0 Å². The normalized spacial score (nSPS) is 23.4. The Kier molecular flexibility index (Phi) is 3.06. The number of nitrogens with zero attached hydrogens (tertiary/aromatic N) is 3. The Hall–Kier alpha value is -1.75. The van der Waals surface area contributed by atoms with Crippen LogP contribution in [0.15, 0.2) is 28.9 Å². The molecule has 1 N–H and O–H groups in total. The Morgan fingerprint density at radius 1 is 1.33 bits per heavy atom. The highest BCUT2D eigenvalue weighted by molar-refractivity contribution is 5.10. The monoisotopic (exact) mass is 245 g/mol. The van der Waals surface area contributed by atoms with Crippen LogP contribution >= 0.6 is 0 Å². The Bertz CT molecular complexity index is 512. The number of hydrogen-bond donors (Lipinski definition) is 1. The molecule has 1 aliphatic carbocycles. The topological polar surface area (TPSA) is 72.0 Å². The summed E-state index contributed by atoms with van der Waals surface area (Å²) in [6.45, 7) is 0. The van der Waals surface area contributed by atoms with E-state index in [4.69, 9.17) is 4.52 Å². The standard InChI is InChI=1S/C13H15N3O2/c17-11-6-3-5-10(11)13-15-12(16-18-13)8-9-4-1-2-7-14-9/h1-2,4,7,10-11,17H,3,5-6,8H2. The van der Waals surface area contributed by atoms with Gasteiger partial charge in [-0.25, -0.2) is 0 Å². The molecular weight excluding hydrogens is 230 g/mol. The van der Waals surface area contributed by atoms with Crippen LogP contribution in [0.2, 0.25) is 0 Å². The fourth-order valence-electron chi connectivity index (χ4n) is 2.38. The summed E-state index contributed by atoms with van der Waals surface area (Å²) in [5.74, 6) is 1.20. The van der Waals surface area contributed by atoms with Crippen molar-refractivity contribution in [2.24, 2.45) is 0 Å². The molecule has 1 saturated carbocycles. The summed E-state index contributed by atoms with van der Waals surface area (Å²) in [6, 6.07) is 5.74. The third-order valence-corrected chi connectivity index (χ3v) is 3.35. The van der Waals surface area contributed by atoms with Crippen LogP contribution in [0.1, 0.15) is 42.6 Å². The van der Waals surface area contributed by atoms with Gasteiger partial charge in [-0.3, -0.25) is 4.98 Å². The molecule has 2 heterocycles. The molecule has 5 nitrogen and oxygen atoms in total. The lowest BCUT2D eigenvalue weighted by atomic mass is 10.1. The van der Waals surface area contributed by atoms with E-state index in [1.807, 2.05) is 18.2 Å². The van der Waals surface area contributed by atoms with Crippen molar-refractivity contribution in [1.29, 1.82) is 0 Å². The van der Waals surface area contributed by atoms with Gasteiger partial charge >= 0.3 is 0 Å². The summed E-state index contributed by atoms with van der Waals surface area (Å²) in [5, 5.41) is 13.8. The zero-order valence-corrected chi connectivity index (χ0v) is 9.99. The van der Waals surface area contributed by atoms with Gasteiger partial charge < -0.3 is 9.63 Å². The van der Waals surface area contributed by atoms with E-state index in [1.54, 1.807) is 6.20 Å². The number of rotatable bonds is 3. The van der Waals surface area contributed by atoms with E-state index in [2.05, 4.69) is 15.1 Å². The minimum absolute atomic E-state index is 0.00924. The molecule has 2 unspecified atom stereocenters. The first-order chi connectivity index (χ1) is 8.83. The molecule has 2 aromatic heterocycles. The highest BCUT2D eigenvalue weighted by atomic mass is 16.5. The first-order valence-corrected chi connectivity index (χ1v) is 6.23. The Morgan fingerprint density at radius 2 is 2.28 bits per heavy atom. The van der Waals surface area contributed by atoms with Gasteiger partial charge in [-0.15, -0.1) is 0 Å². The summed E-state index contributed by atoms with van der Waals surface area (Å²) >= 11 is 0. The van der Waals surface area contributed by atoms with Crippen molar-refractivity contribution in [3.63, 3.8) is 0 Å². The van der Waals surface area contributed by atoms with Crippen LogP contribution in [-0.4, -0.2) is 26.3 Å². The number of aliphatic hydroxyl groups excluding tert-OH is 1. The van der Waals surface area contributed by atoms with Crippen LogP contribution < -0.4 is 0 Å². The Labute approximate surface area is 105 Å². The maximum Gasteiger partial charge on any atom is 0.232 e. The minimum Gasteiger partial charge on any atom is -0.392 e. The van der Waals surface area contributed by atoms with Crippen LogP contribution in [-0.2, 0) is 6.42 Å². The van der Waals surface area contributed by atoms with Crippen molar-refractivity contribution < 1.29 is 9.63 Å². The van der Waals surface area contributed by atoms with Crippen LogP contribution in [0.3, 0.4) is 0 Å². The van der Waals surface area contributed by atoms with Crippen molar-refractivity contribution in [3.05, 3.63) is 41.8 Å². The van der Waals surface area contributed by atoms with E-state index in [0.29, 0.717) is 18.1 Å². The molecule has 0 bridgehead atoms. The van der Waals surface area contributed by atoms with Gasteiger partial charge in [0.2, 0.25) is 5.89 Å². The van der Waals surface area contributed by atoms with Crippen molar-refractivity contribution in [2.75, 3.05) is 0 Å². The summed E-state index contributed by atoms with van der Waals surface area (Å²) in [6.07, 6.45) is 4.73.